The quantitative estimate of drug-likeness (QED) is 0.529. The van der Waals surface area contributed by atoms with Gasteiger partial charge in [-0.05, 0) is 45.4 Å². The van der Waals surface area contributed by atoms with E-state index in [2.05, 4.69) is 37.1 Å². The van der Waals surface area contributed by atoms with Crippen molar-refractivity contribution in [3.05, 3.63) is 11.6 Å². The fraction of sp³-hybridized carbons (Fsp3) is 0.778. The maximum atomic E-state index is 12.4. The van der Waals surface area contributed by atoms with Crippen LogP contribution in [0.1, 0.15) is 52.9 Å². The molecule has 1 aliphatic carbocycles. The van der Waals surface area contributed by atoms with Crippen molar-refractivity contribution in [1.82, 2.24) is 10.2 Å². The minimum atomic E-state index is -0.910. The molecule has 5 nitrogen and oxygen atoms in total. The molecule has 2 aliphatic rings. The van der Waals surface area contributed by atoms with E-state index >= 15 is 0 Å². The van der Waals surface area contributed by atoms with Crippen molar-refractivity contribution in [3.8, 4) is 0 Å². The molecular formula is C18H31N3O2. The first-order valence-corrected chi connectivity index (χ1v) is 8.85. The fourth-order valence-electron chi connectivity index (χ4n) is 3.52. The van der Waals surface area contributed by atoms with Crippen LogP contribution >= 0.6 is 0 Å². The number of nitrogens with one attached hydrogen (secondary N) is 1. The molecule has 1 saturated heterocycles. The summed E-state index contributed by atoms with van der Waals surface area (Å²) >= 11 is 0. The number of nitrogens with two attached hydrogens (primary N) is 1. The zero-order valence-corrected chi connectivity index (χ0v) is 14.7. The van der Waals surface area contributed by atoms with Gasteiger partial charge in [0.05, 0.1) is 0 Å². The zero-order valence-electron chi connectivity index (χ0n) is 14.7. The van der Waals surface area contributed by atoms with Gasteiger partial charge in [0.15, 0.2) is 0 Å². The molecule has 0 radical (unpaired) electrons. The normalized spacial score (nSPS) is 25.9. The molecule has 130 valence electrons. The minimum absolute atomic E-state index is 0.144. The van der Waals surface area contributed by atoms with Crippen LogP contribution in [0.15, 0.2) is 11.6 Å². The molecule has 23 heavy (non-hydrogen) atoms. The fourth-order valence-corrected chi connectivity index (χ4v) is 3.52. The van der Waals surface area contributed by atoms with Gasteiger partial charge in [-0.25, -0.2) is 0 Å². The first-order chi connectivity index (χ1) is 10.9. The molecule has 0 unspecified atom stereocenters. The smallest absolute Gasteiger partial charge is 0.235 e. The predicted octanol–water partition coefficient (Wildman–Crippen LogP) is 1.82. The molecule has 1 aliphatic heterocycles. The first-order valence-electron chi connectivity index (χ1n) is 8.85. The van der Waals surface area contributed by atoms with Crippen LogP contribution in [0, 0.1) is 11.3 Å². The number of nitrogens with zero attached hydrogens (tertiary/aromatic N) is 1. The summed E-state index contributed by atoms with van der Waals surface area (Å²) in [6.07, 6.45) is 6.72. The molecule has 0 bridgehead atoms. The summed E-state index contributed by atoms with van der Waals surface area (Å²) in [5.41, 5.74) is 5.84. The van der Waals surface area contributed by atoms with Gasteiger partial charge in [0.25, 0.3) is 0 Å². The average molecular weight is 321 g/mol. The summed E-state index contributed by atoms with van der Waals surface area (Å²) in [6.45, 7) is 9.34. The Morgan fingerprint density at radius 2 is 2.00 bits per heavy atom. The summed E-state index contributed by atoms with van der Waals surface area (Å²) in [5.74, 6) is -0.151. The van der Waals surface area contributed by atoms with E-state index in [1.54, 1.807) is 0 Å². The van der Waals surface area contributed by atoms with E-state index in [0.29, 0.717) is 18.8 Å². The maximum Gasteiger partial charge on any atom is 0.235 e. The van der Waals surface area contributed by atoms with Gasteiger partial charge in [0.2, 0.25) is 11.8 Å². The van der Waals surface area contributed by atoms with Gasteiger partial charge in [-0.3, -0.25) is 9.59 Å². The second-order valence-electron chi connectivity index (χ2n) is 7.40. The zero-order chi connectivity index (χ0) is 17.0. The van der Waals surface area contributed by atoms with Crippen LogP contribution in [-0.4, -0.2) is 42.4 Å². The highest BCUT2D eigenvalue weighted by atomic mass is 16.2. The second kappa shape index (κ2) is 7.47. The molecular weight excluding hydrogens is 290 g/mol. The van der Waals surface area contributed by atoms with E-state index in [1.807, 2.05) is 0 Å². The number of allylic oxidation sites excluding steroid dienone is 1. The van der Waals surface area contributed by atoms with Crippen molar-refractivity contribution in [2.45, 2.75) is 58.9 Å². The van der Waals surface area contributed by atoms with E-state index in [4.69, 9.17) is 5.73 Å². The Labute approximate surface area is 139 Å². The van der Waals surface area contributed by atoms with Crippen molar-refractivity contribution in [2.75, 3.05) is 19.6 Å². The predicted molar refractivity (Wildman–Crippen MR) is 91.7 cm³/mol. The molecule has 3 N–H and O–H groups in total. The van der Waals surface area contributed by atoms with Gasteiger partial charge in [-0.2, -0.15) is 0 Å². The lowest BCUT2D eigenvalue weighted by molar-refractivity contribution is -0.135. The van der Waals surface area contributed by atoms with Crippen LogP contribution in [0.4, 0.5) is 0 Å². The lowest BCUT2D eigenvalue weighted by Gasteiger charge is -2.22. The third kappa shape index (κ3) is 4.34. The van der Waals surface area contributed by atoms with Crippen molar-refractivity contribution < 1.29 is 9.59 Å². The Morgan fingerprint density at radius 1 is 1.30 bits per heavy atom. The van der Waals surface area contributed by atoms with Crippen molar-refractivity contribution in [3.63, 3.8) is 0 Å². The highest BCUT2D eigenvalue weighted by Crippen LogP contribution is 2.45. The Bertz CT molecular complexity index is 479. The molecule has 1 heterocycles. The number of likely N-dealkylation sites (tertiary alicyclic amines) is 1. The number of carbonyl (C=O) groups excluding carboxylic acids is 2. The van der Waals surface area contributed by atoms with Gasteiger partial charge < -0.3 is 16.0 Å². The summed E-state index contributed by atoms with van der Waals surface area (Å²) in [7, 11) is 0. The molecule has 1 saturated carbocycles. The van der Waals surface area contributed by atoms with E-state index in [1.165, 1.54) is 5.57 Å². The average Bonchev–Trinajstić information content (AvgIpc) is 3.20. The monoisotopic (exact) mass is 321 g/mol. The topological polar surface area (TPSA) is 75.4 Å². The Balaban J connectivity index is 1.92. The summed E-state index contributed by atoms with van der Waals surface area (Å²) in [4.78, 5) is 26.4. The van der Waals surface area contributed by atoms with E-state index in [0.717, 1.165) is 38.9 Å². The number of amides is 2. The van der Waals surface area contributed by atoms with E-state index < -0.39 is 11.3 Å². The van der Waals surface area contributed by atoms with Gasteiger partial charge in [-0.15, -0.1) is 0 Å². The molecule has 0 aromatic rings. The Hall–Kier alpha value is -1.36. The Kier molecular flexibility index (Phi) is 5.84. The molecule has 2 amide bonds. The van der Waals surface area contributed by atoms with E-state index in [9.17, 15) is 9.59 Å². The highest BCUT2D eigenvalue weighted by molar-refractivity contribution is 6.07. The van der Waals surface area contributed by atoms with Crippen LogP contribution in [0.25, 0.3) is 0 Å². The molecule has 0 aromatic carbocycles. The van der Waals surface area contributed by atoms with E-state index in [-0.39, 0.29) is 11.9 Å². The van der Waals surface area contributed by atoms with Crippen molar-refractivity contribution >= 4 is 11.8 Å². The van der Waals surface area contributed by atoms with Crippen LogP contribution in [-0.2, 0) is 9.59 Å². The second-order valence-corrected chi connectivity index (χ2v) is 7.40. The van der Waals surface area contributed by atoms with Crippen LogP contribution in [0.3, 0.4) is 0 Å². The van der Waals surface area contributed by atoms with Crippen molar-refractivity contribution in [2.24, 2.45) is 17.1 Å². The minimum Gasteiger partial charge on any atom is -0.369 e. The van der Waals surface area contributed by atoms with Crippen molar-refractivity contribution in [1.29, 1.82) is 0 Å². The largest absolute Gasteiger partial charge is 0.369 e. The summed E-state index contributed by atoms with van der Waals surface area (Å²) < 4.78 is 0. The summed E-state index contributed by atoms with van der Waals surface area (Å²) in [5, 5.41) is 3.13. The number of carbonyl (C=O) groups is 2. The molecule has 0 spiro atoms. The van der Waals surface area contributed by atoms with Crippen LogP contribution < -0.4 is 11.1 Å². The third-order valence-electron chi connectivity index (χ3n) is 5.15. The Morgan fingerprint density at radius 3 is 2.52 bits per heavy atom. The molecule has 2 rings (SSSR count). The number of rotatable bonds is 8. The van der Waals surface area contributed by atoms with Gasteiger partial charge in [0, 0.05) is 25.7 Å². The molecule has 2 atom stereocenters. The van der Waals surface area contributed by atoms with Gasteiger partial charge >= 0.3 is 0 Å². The standard InChI is InChI=1S/C18H31N3O2/c1-4-6-14-11-21(10-5-7-13(2)3)12-15(14)20-17(23)18(8-9-18)16(19)22/h7,14-15H,4-6,8-12H2,1-3H3,(H2,19,22)(H,20,23)/t14-,15-/m1/s1. The third-order valence-corrected chi connectivity index (χ3v) is 5.15. The van der Waals surface area contributed by atoms with Gasteiger partial charge in [-0.1, -0.05) is 25.0 Å². The maximum absolute atomic E-state index is 12.4. The lowest BCUT2D eigenvalue weighted by atomic mass is 9.96. The highest BCUT2D eigenvalue weighted by Gasteiger charge is 2.56. The first kappa shape index (κ1) is 18.0. The number of hydrogen-bond acceptors (Lipinski definition) is 3. The molecule has 5 heteroatoms. The van der Waals surface area contributed by atoms with Crippen LogP contribution in [0.5, 0.6) is 0 Å². The van der Waals surface area contributed by atoms with Crippen LogP contribution in [0.2, 0.25) is 0 Å². The van der Waals surface area contributed by atoms with Gasteiger partial charge in [0.1, 0.15) is 5.41 Å². The molecule has 0 aromatic heterocycles. The lowest BCUT2D eigenvalue weighted by Crippen LogP contribution is -2.47. The SMILES string of the molecule is CCC[C@@H]1CN(CCC=C(C)C)C[C@H]1NC(=O)C1(C(N)=O)CC1. The summed E-state index contributed by atoms with van der Waals surface area (Å²) in [6, 6.07) is 0.144. The molecule has 2 fully saturated rings. The number of primary amides is 1. The number of hydrogen-bond donors (Lipinski definition) is 2.